The van der Waals surface area contributed by atoms with E-state index in [0.29, 0.717) is 0 Å². The van der Waals surface area contributed by atoms with Crippen LogP contribution in [0, 0.1) is 0 Å². The molecular weight excluding hydrogens is 260 g/mol. The van der Waals surface area contributed by atoms with Gasteiger partial charge in [-0.25, -0.2) is 4.79 Å². The zero-order valence-corrected chi connectivity index (χ0v) is 12.5. The van der Waals surface area contributed by atoms with Gasteiger partial charge in [-0.15, -0.1) is 0 Å². The Balaban J connectivity index is 3.05. The molecule has 6 nitrogen and oxygen atoms in total. The minimum atomic E-state index is -0.656. The van der Waals surface area contributed by atoms with Crippen molar-refractivity contribution < 1.29 is 19.4 Å². The maximum absolute atomic E-state index is 11.7. The second kappa shape index (κ2) is 6.00. The van der Waals surface area contributed by atoms with Crippen LogP contribution in [-0.2, 0) is 4.74 Å². The van der Waals surface area contributed by atoms with Crippen molar-refractivity contribution in [1.82, 2.24) is 0 Å². The first-order valence-corrected chi connectivity index (χ1v) is 6.30. The Morgan fingerprint density at radius 2 is 2.00 bits per heavy atom. The molecule has 0 saturated heterocycles. The highest BCUT2D eigenvalue weighted by atomic mass is 16.6. The van der Waals surface area contributed by atoms with Gasteiger partial charge < -0.3 is 20.3 Å². The van der Waals surface area contributed by atoms with Crippen LogP contribution in [0.3, 0.4) is 0 Å². The van der Waals surface area contributed by atoms with Crippen molar-refractivity contribution in [2.75, 3.05) is 12.4 Å². The lowest BCUT2D eigenvalue weighted by Crippen LogP contribution is -2.27. The van der Waals surface area contributed by atoms with Crippen molar-refractivity contribution in [2.45, 2.75) is 39.3 Å². The lowest BCUT2D eigenvalue weighted by atomic mass is 10.1. The van der Waals surface area contributed by atoms with E-state index in [0.717, 1.165) is 5.56 Å². The summed E-state index contributed by atoms with van der Waals surface area (Å²) in [5, 5.41) is 12.5. The van der Waals surface area contributed by atoms with Crippen LogP contribution in [-0.4, -0.2) is 23.9 Å². The van der Waals surface area contributed by atoms with E-state index < -0.39 is 11.7 Å². The third kappa shape index (κ3) is 4.31. The molecule has 1 aromatic rings. The minimum absolute atomic E-state index is 0.164. The van der Waals surface area contributed by atoms with Gasteiger partial charge in [-0.05, 0) is 45.4 Å². The van der Waals surface area contributed by atoms with Gasteiger partial charge in [0.15, 0.2) is 11.5 Å². The lowest BCUT2D eigenvalue weighted by molar-refractivity contribution is 0.0635. The quantitative estimate of drug-likeness (QED) is 0.741. The van der Waals surface area contributed by atoms with Crippen molar-refractivity contribution in [2.24, 2.45) is 5.73 Å². The van der Waals surface area contributed by atoms with Crippen LogP contribution in [0.25, 0.3) is 0 Å². The summed E-state index contributed by atoms with van der Waals surface area (Å²) in [6.45, 7) is 7.06. The topological polar surface area (TPSA) is 93.8 Å². The molecule has 112 valence electrons. The first-order chi connectivity index (χ1) is 9.14. The Bertz CT molecular complexity index is 493. The molecule has 0 aromatic heterocycles. The summed E-state index contributed by atoms with van der Waals surface area (Å²) in [4.78, 5) is 11.7. The molecule has 1 aromatic carbocycles. The van der Waals surface area contributed by atoms with Crippen molar-refractivity contribution in [3.8, 4) is 11.5 Å². The van der Waals surface area contributed by atoms with Crippen LogP contribution in [0.15, 0.2) is 12.1 Å². The van der Waals surface area contributed by atoms with Crippen LogP contribution in [0.2, 0.25) is 0 Å². The number of ether oxygens (including phenoxy) is 2. The second-order valence-corrected chi connectivity index (χ2v) is 5.53. The van der Waals surface area contributed by atoms with Crippen LogP contribution in [0.1, 0.15) is 39.3 Å². The number of methoxy groups -OCH3 is 1. The number of rotatable bonds is 3. The van der Waals surface area contributed by atoms with Gasteiger partial charge in [0.2, 0.25) is 0 Å². The van der Waals surface area contributed by atoms with Gasteiger partial charge in [0, 0.05) is 6.04 Å². The molecule has 0 radical (unpaired) electrons. The number of carbonyl (C=O) groups excluding carboxylic acids is 1. The van der Waals surface area contributed by atoms with Crippen LogP contribution in [0.4, 0.5) is 10.5 Å². The Morgan fingerprint density at radius 1 is 1.40 bits per heavy atom. The number of amides is 1. The molecule has 0 fully saturated rings. The third-order valence-corrected chi connectivity index (χ3v) is 2.48. The number of benzene rings is 1. The maximum atomic E-state index is 11.7. The fraction of sp³-hybridized carbons (Fsp3) is 0.500. The summed E-state index contributed by atoms with van der Waals surface area (Å²) in [5.41, 5.74) is 6.11. The zero-order chi connectivity index (χ0) is 15.5. The molecule has 4 N–H and O–H groups in total. The first kappa shape index (κ1) is 16.1. The van der Waals surface area contributed by atoms with Crippen molar-refractivity contribution in [1.29, 1.82) is 0 Å². The van der Waals surface area contributed by atoms with E-state index >= 15 is 0 Å². The fourth-order valence-electron chi connectivity index (χ4n) is 1.56. The van der Waals surface area contributed by atoms with Gasteiger partial charge in [-0.3, -0.25) is 5.32 Å². The Labute approximate surface area is 118 Å². The zero-order valence-electron chi connectivity index (χ0n) is 12.5. The number of hydrogen-bond acceptors (Lipinski definition) is 5. The average Bonchev–Trinajstić information content (AvgIpc) is 2.28. The normalized spacial score (nSPS) is 12.7. The molecule has 0 aliphatic heterocycles. The predicted molar refractivity (Wildman–Crippen MR) is 77.1 cm³/mol. The summed E-state index contributed by atoms with van der Waals surface area (Å²) in [6, 6.07) is 2.95. The number of nitrogens with one attached hydrogen (secondary N) is 1. The molecule has 20 heavy (non-hydrogen) atoms. The molecule has 0 saturated carbocycles. The van der Waals surface area contributed by atoms with Crippen LogP contribution in [0.5, 0.6) is 11.5 Å². The summed E-state index contributed by atoms with van der Waals surface area (Å²) < 4.78 is 10.2. The number of carbonyl (C=O) groups is 1. The minimum Gasteiger partial charge on any atom is -0.503 e. The molecular formula is C14H22N2O4. The van der Waals surface area contributed by atoms with E-state index in [1.54, 1.807) is 39.8 Å². The Morgan fingerprint density at radius 3 is 2.45 bits per heavy atom. The number of hydrogen-bond donors (Lipinski definition) is 3. The molecule has 0 aliphatic carbocycles. The molecule has 0 aliphatic rings. The van der Waals surface area contributed by atoms with E-state index in [9.17, 15) is 9.90 Å². The van der Waals surface area contributed by atoms with E-state index in [2.05, 4.69) is 5.32 Å². The van der Waals surface area contributed by atoms with Gasteiger partial charge in [0.25, 0.3) is 0 Å². The van der Waals surface area contributed by atoms with E-state index in [1.165, 1.54) is 7.11 Å². The molecule has 0 spiro atoms. The maximum Gasteiger partial charge on any atom is 0.412 e. The van der Waals surface area contributed by atoms with E-state index in [1.807, 2.05) is 0 Å². The van der Waals surface area contributed by atoms with Gasteiger partial charge >= 0.3 is 6.09 Å². The molecule has 1 amide bonds. The van der Waals surface area contributed by atoms with Gasteiger partial charge in [-0.1, -0.05) is 0 Å². The van der Waals surface area contributed by atoms with Gasteiger partial charge in [-0.2, -0.15) is 0 Å². The largest absolute Gasteiger partial charge is 0.503 e. The molecule has 0 bridgehead atoms. The van der Waals surface area contributed by atoms with Crippen LogP contribution < -0.4 is 15.8 Å². The highest BCUT2D eigenvalue weighted by Crippen LogP contribution is 2.37. The summed E-state index contributed by atoms with van der Waals surface area (Å²) >= 11 is 0. The molecule has 0 unspecified atom stereocenters. The number of phenolic OH excluding ortho intramolecular Hbond substituents is 1. The Hall–Kier alpha value is -1.95. The number of phenols is 1. The molecule has 1 rings (SSSR count). The van der Waals surface area contributed by atoms with Gasteiger partial charge in [0.05, 0.1) is 12.8 Å². The predicted octanol–water partition coefficient (Wildman–Crippen LogP) is 2.77. The molecule has 0 heterocycles. The van der Waals surface area contributed by atoms with E-state index in [4.69, 9.17) is 15.2 Å². The molecule has 1 atom stereocenters. The lowest BCUT2D eigenvalue weighted by Gasteiger charge is -2.20. The smallest absolute Gasteiger partial charge is 0.412 e. The number of aromatic hydroxyl groups is 1. The molecule has 6 heteroatoms. The summed E-state index contributed by atoms with van der Waals surface area (Å²) in [6.07, 6.45) is -0.656. The Kier molecular flexibility index (Phi) is 4.83. The number of nitrogens with two attached hydrogens (primary N) is 1. The second-order valence-electron chi connectivity index (χ2n) is 5.53. The summed E-state index contributed by atoms with van der Waals surface area (Å²) in [5.74, 6) is 0.0774. The highest BCUT2D eigenvalue weighted by molar-refractivity contribution is 5.88. The fourth-order valence-corrected chi connectivity index (χ4v) is 1.56. The highest BCUT2D eigenvalue weighted by Gasteiger charge is 2.19. The standard InChI is InChI=1S/C14H22N2O4/c1-8(15)9-6-10(12(17)11(7-9)19-5)16-13(18)20-14(2,3)4/h6-8,17H,15H2,1-5H3,(H,16,18)/t8-/m0/s1. The van der Waals surface area contributed by atoms with Crippen molar-refractivity contribution in [3.63, 3.8) is 0 Å². The van der Waals surface area contributed by atoms with Crippen molar-refractivity contribution >= 4 is 11.8 Å². The van der Waals surface area contributed by atoms with Gasteiger partial charge in [0.1, 0.15) is 5.60 Å². The summed E-state index contributed by atoms with van der Waals surface area (Å²) in [7, 11) is 1.43. The van der Waals surface area contributed by atoms with E-state index in [-0.39, 0.29) is 23.2 Å². The van der Waals surface area contributed by atoms with Crippen molar-refractivity contribution in [3.05, 3.63) is 17.7 Å². The monoisotopic (exact) mass is 282 g/mol. The number of anilines is 1. The first-order valence-electron chi connectivity index (χ1n) is 6.30. The van der Waals surface area contributed by atoms with Crippen LogP contribution >= 0.6 is 0 Å². The third-order valence-electron chi connectivity index (χ3n) is 2.48. The SMILES string of the molecule is COc1cc([C@H](C)N)cc(NC(=O)OC(C)(C)C)c1O. The average molecular weight is 282 g/mol.